The molecule has 0 unspecified atom stereocenters. The molecule has 0 aromatic carbocycles. The van der Waals surface area contributed by atoms with E-state index in [1.54, 1.807) is 12.3 Å². The lowest BCUT2D eigenvalue weighted by atomic mass is 10.1. The Hall–Kier alpha value is -1.33. The molecule has 1 fully saturated rings. The monoisotopic (exact) mass is 324 g/mol. The summed E-state index contributed by atoms with van der Waals surface area (Å²) in [6.45, 7) is 3.42. The third-order valence-electron chi connectivity index (χ3n) is 3.96. The van der Waals surface area contributed by atoms with Crippen LogP contribution in [0.1, 0.15) is 29.6 Å². The molecular weight excluding hydrogens is 300 g/mol. The van der Waals surface area contributed by atoms with Gasteiger partial charge in [-0.3, -0.25) is 4.79 Å². The standard InChI is InChI=1S/C16H25ClN4O/c1-19(2)9-10-20(3)15-14(17)11-13(12-18-15)16(22)21-7-5-4-6-8-21/h11-12H,4-10H2,1-3H3. The molecule has 1 amide bonds. The number of anilines is 1. The van der Waals surface area contributed by atoms with Crippen molar-refractivity contribution in [3.8, 4) is 0 Å². The summed E-state index contributed by atoms with van der Waals surface area (Å²) in [7, 11) is 6.02. The number of likely N-dealkylation sites (N-methyl/N-ethyl adjacent to an activating group) is 2. The fourth-order valence-electron chi connectivity index (χ4n) is 2.56. The van der Waals surface area contributed by atoms with Crippen molar-refractivity contribution in [2.45, 2.75) is 19.3 Å². The zero-order valence-corrected chi connectivity index (χ0v) is 14.4. The van der Waals surface area contributed by atoms with Gasteiger partial charge in [-0.15, -0.1) is 0 Å². The van der Waals surface area contributed by atoms with Crippen molar-refractivity contribution >= 4 is 23.3 Å². The maximum Gasteiger partial charge on any atom is 0.255 e. The van der Waals surface area contributed by atoms with Crippen LogP contribution in [0.25, 0.3) is 0 Å². The second-order valence-corrected chi connectivity index (χ2v) is 6.51. The summed E-state index contributed by atoms with van der Waals surface area (Å²) >= 11 is 6.33. The van der Waals surface area contributed by atoms with E-state index in [1.807, 2.05) is 30.9 Å². The van der Waals surface area contributed by atoms with Gasteiger partial charge in [0.15, 0.2) is 0 Å². The predicted octanol–water partition coefficient (Wildman–Crippen LogP) is 2.36. The third kappa shape index (κ3) is 4.34. The smallest absolute Gasteiger partial charge is 0.255 e. The number of halogens is 1. The summed E-state index contributed by atoms with van der Waals surface area (Å²) in [6, 6.07) is 1.74. The minimum Gasteiger partial charge on any atom is -0.357 e. The van der Waals surface area contributed by atoms with Crippen LogP contribution < -0.4 is 4.90 Å². The van der Waals surface area contributed by atoms with E-state index in [2.05, 4.69) is 9.88 Å². The molecule has 6 heteroatoms. The first-order valence-corrected chi connectivity index (χ1v) is 8.17. The first-order chi connectivity index (χ1) is 10.5. The van der Waals surface area contributed by atoms with Gasteiger partial charge in [0.05, 0.1) is 10.6 Å². The summed E-state index contributed by atoms with van der Waals surface area (Å²) in [5.74, 6) is 0.760. The maximum absolute atomic E-state index is 12.5. The molecule has 2 heterocycles. The predicted molar refractivity (Wildman–Crippen MR) is 90.8 cm³/mol. The van der Waals surface area contributed by atoms with Gasteiger partial charge in [0.25, 0.3) is 5.91 Å². The first kappa shape index (κ1) is 17.0. The summed E-state index contributed by atoms with van der Waals surface area (Å²) in [6.07, 6.45) is 5.01. The lowest BCUT2D eigenvalue weighted by molar-refractivity contribution is 0.0724. The topological polar surface area (TPSA) is 39.7 Å². The minimum atomic E-state index is 0.0385. The molecule has 1 aliphatic heterocycles. The highest BCUT2D eigenvalue weighted by Gasteiger charge is 2.20. The molecule has 1 aromatic rings. The molecule has 1 aromatic heterocycles. The van der Waals surface area contributed by atoms with Gasteiger partial charge in [-0.25, -0.2) is 4.98 Å². The van der Waals surface area contributed by atoms with Gasteiger partial charge >= 0.3 is 0 Å². The number of pyridine rings is 1. The largest absolute Gasteiger partial charge is 0.357 e. The lowest BCUT2D eigenvalue weighted by Gasteiger charge is -2.27. The van der Waals surface area contributed by atoms with Gasteiger partial charge in [-0.1, -0.05) is 11.6 Å². The van der Waals surface area contributed by atoms with Crippen LogP contribution in [0.3, 0.4) is 0 Å². The molecule has 0 spiro atoms. The Morgan fingerprint density at radius 1 is 1.23 bits per heavy atom. The number of carbonyl (C=O) groups excluding carboxylic acids is 1. The van der Waals surface area contributed by atoms with Gasteiger partial charge in [0.1, 0.15) is 5.82 Å². The third-order valence-corrected chi connectivity index (χ3v) is 4.23. The average molecular weight is 325 g/mol. The van der Waals surface area contributed by atoms with Crippen molar-refractivity contribution in [1.29, 1.82) is 0 Å². The quantitative estimate of drug-likeness (QED) is 0.833. The zero-order chi connectivity index (χ0) is 16.1. The van der Waals surface area contributed by atoms with Crippen LogP contribution >= 0.6 is 11.6 Å². The highest BCUT2D eigenvalue weighted by atomic mass is 35.5. The average Bonchev–Trinajstić information content (AvgIpc) is 2.52. The van der Waals surface area contributed by atoms with Crippen molar-refractivity contribution in [3.05, 3.63) is 22.8 Å². The minimum absolute atomic E-state index is 0.0385. The Balaban J connectivity index is 2.06. The van der Waals surface area contributed by atoms with Crippen molar-refractivity contribution in [2.24, 2.45) is 0 Å². The van der Waals surface area contributed by atoms with E-state index in [0.717, 1.165) is 44.8 Å². The number of carbonyl (C=O) groups is 1. The molecule has 5 nitrogen and oxygen atoms in total. The maximum atomic E-state index is 12.5. The van der Waals surface area contributed by atoms with Crippen LogP contribution in [0.15, 0.2) is 12.3 Å². The van der Waals surface area contributed by atoms with Crippen LogP contribution in [0.5, 0.6) is 0 Å². The summed E-state index contributed by atoms with van der Waals surface area (Å²) < 4.78 is 0. The lowest BCUT2D eigenvalue weighted by Crippen LogP contribution is -2.35. The van der Waals surface area contributed by atoms with Gasteiger partial charge in [0, 0.05) is 39.4 Å². The van der Waals surface area contributed by atoms with E-state index >= 15 is 0 Å². The number of hydrogen-bond acceptors (Lipinski definition) is 4. The summed E-state index contributed by atoms with van der Waals surface area (Å²) in [4.78, 5) is 22.9. The molecule has 0 bridgehead atoms. The second-order valence-electron chi connectivity index (χ2n) is 6.11. The first-order valence-electron chi connectivity index (χ1n) is 7.79. The highest BCUT2D eigenvalue weighted by Crippen LogP contribution is 2.24. The Labute approximate surface area is 137 Å². The van der Waals surface area contributed by atoms with E-state index in [9.17, 15) is 4.79 Å². The molecule has 2 rings (SSSR count). The van der Waals surface area contributed by atoms with Gasteiger partial charge in [-0.2, -0.15) is 0 Å². The SMILES string of the molecule is CN(C)CCN(C)c1ncc(C(=O)N2CCCCC2)cc1Cl. The van der Waals surface area contributed by atoms with Crippen LogP contribution in [0.2, 0.25) is 5.02 Å². The molecule has 0 radical (unpaired) electrons. The Kier molecular flexibility index (Phi) is 6.03. The van der Waals surface area contributed by atoms with E-state index < -0.39 is 0 Å². The Morgan fingerprint density at radius 2 is 1.91 bits per heavy atom. The van der Waals surface area contributed by atoms with Crippen LogP contribution in [0, 0.1) is 0 Å². The van der Waals surface area contributed by atoms with Gasteiger partial charge in [-0.05, 0) is 39.4 Å². The number of aromatic nitrogens is 1. The molecule has 0 atom stereocenters. The van der Waals surface area contributed by atoms with E-state index in [1.165, 1.54) is 6.42 Å². The molecular formula is C16H25ClN4O. The normalized spacial score (nSPS) is 15.2. The fraction of sp³-hybridized carbons (Fsp3) is 0.625. The molecule has 1 aliphatic rings. The summed E-state index contributed by atoms with van der Waals surface area (Å²) in [5, 5.41) is 0.532. The van der Waals surface area contributed by atoms with Crippen LogP contribution in [-0.2, 0) is 0 Å². The van der Waals surface area contributed by atoms with Crippen molar-refractivity contribution in [3.63, 3.8) is 0 Å². The number of piperidine rings is 1. The fourth-order valence-corrected chi connectivity index (χ4v) is 2.87. The molecule has 0 saturated carbocycles. The number of rotatable bonds is 5. The number of nitrogens with zero attached hydrogens (tertiary/aromatic N) is 4. The Bertz CT molecular complexity index is 515. The molecule has 0 N–H and O–H groups in total. The van der Waals surface area contributed by atoms with Gasteiger partial charge < -0.3 is 14.7 Å². The molecule has 22 heavy (non-hydrogen) atoms. The van der Waals surface area contributed by atoms with E-state index in [0.29, 0.717) is 10.6 Å². The second kappa shape index (κ2) is 7.79. The van der Waals surface area contributed by atoms with Crippen LogP contribution in [-0.4, -0.2) is 68.0 Å². The molecule has 122 valence electrons. The Morgan fingerprint density at radius 3 is 2.50 bits per heavy atom. The van der Waals surface area contributed by atoms with E-state index in [-0.39, 0.29) is 5.91 Å². The van der Waals surface area contributed by atoms with Crippen LogP contribution in [0.4, 0.5) is 5.82 Å². The molecule has 0 aliphatic carbocycles. The number of hydrogen-bond donors (Lipinski definition) is 0. The highest BCUT2D eigenvalue weighted by molar-refractivity contribution is 6.33. The molecule has 1 saturated heterocycles. The van der Waals surface area contributed by atoms with Gasteiger partial charge in [0.2, 0.25) is 0 Å². The zero-order valence-electron chi connectivity index (χ0n) is 13.7. The van der Waals surface area contributed by atoms with E-state index in [4.69, 9.17) is 11.6 Å². The van der Waals surface area contributed by atoms with Crippen molar-refractivity contribution < 1.29 is 4.79 Å². The summed E-state index contributed by atoms with van der Waals surface area (Å²) in [5.41, 5.74) is 0.580. The number of likely N-dealkylation sites (tertiary alicyclic amines) is 1. The van der Waals surface area contributed by atoms with Crippen molar-refractivity contribution in [1.82, 2.24) is 14.8 Å². The van der Waals surface area contributed by atoms with Crippen molar-refractivity contribution in [2.75, 3.05) is 52.2 Å². The number of amides is 1.